The standard InChI is InChI=1S/C13H18O/c1-3-9-5-6-11-8-12(14)7-10(4-2)13(9)11/h7-9,14H,3-6H2,1-2H3. The van der Waals surface area contributed by atoms with E-state index in [9.17, 15) is 5.11 Å². The first-order valence-corrected chi connectivity index (χ1v) is 5.60. The number of fused-ring (bicyclic) bond motifs is 1. The van der Waals surface area contributed by atoms with E-state index in [2.05, 4.69) is 13.8 Å². The molecule has 1 nitrogen and oxygen atoms in total. The molecule has 1 heteroatoms. The van der Waals surface area contributed by atoms with Gasteiger partial charge in [0.25, 0.3) is 0 Å². The summed E-state index contributed by atoms with van der Waals surface area (Å²) in [6.07, 6.45) is 4.68. The van der Waals surface area contributed by atoms with Crippen LogP contribution in [-0.2, 0) is 12.8 Å². The summed E-state index contributed by atoms with van der Waals surface area (Å²) >= 11 is 0. The van der Waals surface area contributed by atoms with Crippen LogP contribution in [-0.4, -0.2) is 5.11 Å². The van der Waals surface area contributed by atoms with Crippen LogP contribution in [0.15, 0.2) is 12.1 Å². The molecule has 1 unspecified atom stereocenters. The van der Waals surface area contributed by atoms with Crippen LogP contribution in [0.2, 0.25) is 0 Å². The van der Waals surface area contributed by atoms with Gasteiger partial charge in [0.15, 0.2) is 0 Å². The van der Waals surface area contributed by atoms with Crippen molar-refractivity contribution in [2.45, 2.75) is 45.4 Å². The third-order valence-electron chi connectivity index (χ3n) is 3.38. The van der Waals surface area contributed by atoms with Gasteiger partial charge in [-0.25, -0.2) is 0 Å². The lowest BCUT2D eigenvalue weighted by Gasteiger charge is -2.13. The quantitative estimate of drug-likeness (QED) is 0.757. The topological polar surface area (TPSA) is 20.2 Å². The van der Waals surface area contributed by atoms with Crippen LogP contribution in [0.5, 0.6) is 5.75 Å². The van der Waals surface area contributed by atoms with E-state index in [4.69, 9.17) is 0 Å². The molecular weight excluding hydrogens is 172 g/mol. The van der Waals surface area contributed by atoms with Gasteiger partial charge in [-0.3, -0.25) is 0 Å². The molecule has 0 aliphatic heterocycles. The van der Waals surface area contributed by atoms with Crippen LogP contribution in [0.1, 0.15) is 49.3 Å². The molecule has 0 saturated heterocycles. The Morgan fingerprint density at radius 3 is 2.79 bits per heavy atom. The highest BCUT2D eigenvalue weighted by molar-refractivity contribution is 5.46. The minimum atomic E-state index is 0.442. The molecule has 0 radical (unpaired) electrons. The van der Waals surface area contributed by atoms with Crippen molar-refractivity contribution in [1.82, 2.24) is 0 Å². The van der Waals surface area contributed by atoms with Gasteiger partial charge in [-0.05, 0) is 60.4 Å². The van der Waals surface area contributed by atoms with Gasteiger partial charge in [0.05, 0.1) is 0 Å². The first kappa shape index (κ1) is 9.57. The molecule has 14 heavy (non-hydrogen) atoms. The maximum Gasteiger partial charge on any atom is 0.116 e. The molecule has 0 amide bonds. The molecule has 1 aromatic carbocycles. The van der Waals surface area contributed by atoms with Gasteiger partial charge >= 0.3 is 0 Å². The van der Waals surface area contributed by atoms with E-state index in [0.717, 1.165) is 18.8 Å². The second kappa shape index (κ2) is 3.64. The molecule has 1 N–H and O–H groups in total. The van der Waals surface area contributed by atoms with E-state index in [-0.39, 0.29) is 0 Å². The van der Waals surface area contributed by atoms with E-state index in [0.29, 0.717) is 5.75 Å². The van der Waals surface area contributed by atoms with Crippen LogP contribution in [0, 0.1) is 0 Å². The highest BCUT2D eigenvalue weighted by atomic mass is 16.3. The fourth-order valence-electron chi connectivity index (χ4n) is 2.67. The van der Waals surface area contributed by atoms with Gasteiger partial charge in [0.1, 0.15) is 5.75 Å². The van der Waals surface area contributed by atoms with Gasteiger partial charge in [0.2, 0.25) is 0 Å². The molecule has 0 spiro atoms. The van der Waals surface area contributed by atoms with Crippen LogP contribution in [0.25, 0.3) is 0 Å². The summed E-state index contributed by atoms with van der Waals surface area (Å²) in [6.45, 7) is 4.42. The Kier molecular flexibility index (Phi) is 2.49. The molecular formula is C13H18O. The van der Waals surface area contributed by atoms with Crippen molar-refractivity contribution in [2.24, 2.45) is 0 Å². The zero-order valence-corrected chi connectivity index (χ0v) is 9.01. The SMILES string of the molecule is CCc1cc(O)cc2c1C(CC)CC2. The minimum Gasteiger partial charge on any atom is -0.508 e. The van der Waals surface area contributed by atoms with Crippen molar-refractivity contribution < 1.29 is 5.11 Å². The molecule has 0 fully saturated rings. The summed E-state index contributed by atoms with van der Waals surface area (Å²) in [5.74, 6) is 1.18. The van der Waals surface area contributed by atoms with Crippen molar-refractivity contribution >= 4 is 0 Å². The summed E-state index contributed by atoms with van der Waals surface area (Å²) in [7, 11) is 0. The Bertz CT molecular complexity index is 341. The Morgan fingerprint density at radius 2 is 2.14 bits per heavy atom. The van der Waals surface area contributed by atoms with E-state index < -0.39 is 0 Å². The van der Waals surface area contributed by atoms with Crippen molar-refractivity contribution in [3.63, 3.8) is 0 Å². The fraction of sp³-hybridized carbons (Fsp3) is 0.538. The van der Waals surface area contributed by atoms with E-state index in [1.807, 2.05) is 12.1 Å². The van der Waals surface area contributed by atoms with Crippen LogP contribution in [0.3, 0.4) is 0 Å². The highest BCUT2D eigenvalue weighted by Crippen LogP contribution is 2.39. The normalized spacial score (nSPS) is 19.7. The summed E-state index contributed by atoms with van der Waals surface area (Å²) in [4.78, 5) is 0. The molecule has 1 aromatic rings. The summed E-state index contributed by atoms with van der Waals surface area (Å²) in [5, 5.41) is 9.57. The number of phenols is 1. The average molecular weight is 190 g/mol. The summed E-state index contributed by atoms with van der Waals surface area (Å²) in [6, 6.07) is 3.89. The molecule has 76 valence electrons. The van der Waals surface area contributed by atoms with Crippen molar-refractivity contribution in [3.05, 3.63) is 28.8 Å². The molecule has 0 aromatic heterocycles. The summed E-state index contributed by atoms with van der Waals surface area (Å²) in [5.41, 5.74) is 4.27. The predicted molar refractivity (Wildman–Crippen MR) is 58.8 cm³/mol. The zero-order valence-electron chi connectivity index (χ0n) is 9.01. The first-order chi connectivity index (χ1) is 6.76. The maximum atomic E-state index is 9.57. The lowest BCUT2D eigenvalue weighted by Crippen LogP contribution is -1.97. The molecule has 2 rings (SSSR count). The van der Waals surface area contributed by atoms with Crippen LogP contribution < -0.4 is 0 Å². The number of hydrogen-bond donors (Lipinski definition) is 1. The maximum absolute atomic E-state index is 9.57. The Hall–Kier alpha value is -0.980. The van der Waals surface area contributed by atoms with E-state index in [1.54, 1.807) is 0 Å². The van der Waals surface area contributed by atoms with Crippen molar-refractivity contribution in [2.75, 3.05) is 0 Å². The minimum absolute atomic E-state index is 0.442. The number of hydrogen-bond acceptors (Lipinski definition) is 1. The molecule has 1 aliphatic rings. The van der Waals surface area contributed by atoms with Gasteiger partial charge in [0, 0.05) is 0 Å². The number of aromatic hydroxyl groups is 1. The monoisotopic (exact) mass is 190 g/mol. The number of benzene rings is 1. The van der Waals surface area contributed by atoms with Crippen molar-refractivity contribution in [3.8, 4) is 5.75 Å². The average Bonchev–Trinajstić information content (AvgIpc) is 2.59. The largest absolute Gasteiger partial charge is 0.508 e. The number of aryl methyl sites for hydroxylation is 2. The Balaban J connectivity index is 2.51. The van der Waals surface area contributed by atoms with Crippen LogP contribution >= 0.6 is 0 Å². The molecule has 1 aliphatic carbocycles. The number of phenolic OH excluding ortho intramolecular Hbond substituents is 1. The second-order valence-electron chi connectivity index (χ2n) is 4.18. The lowest BCUT2D eigenvalue weighted by molar-refractivity contribution is 0.474. The van der Waals surface area contributed by atoms with Crippen molar-refractivity contribution in [1.29, 1.82) is 0 Å². The molecule has 1 atom stereocenters. The third kappa shape index (κ3) is 1.41. The smallest absolute Gasteiger partial charge is 0.116 e. The first-order valence-electron chi connectivity index (χ1n) is 5.60. The van der Waals surface area contributed by atoms with Gasteiger partial charge < -0.3 is 5.11 Å². The van der Waals surface area contributed by atoms with Gasteiger partial charge in [-0.15, -0.1) is 0 Å². The number of rotatable bonds is 2. The van der Waals surface area contributed by atoms with E-state index >= 15 is 0 Å². The van der Waals surface area contributed by atoms with Gasteiger partial charge in [-0.1, -0.05) is 13.8 Å². The van der Waals surface area contributed by atoms with E-state index in [1.165, 1.54) is 29.5 Å². The highest BCUT2D eigenvalue weighted by Gasteiger charge is 2.23. The summed E-state index contributed by atoms with van der Waals surface area (Å²) < 4.78 is 0. The fourth-order valence-corrected chi connectivity index (χ4v) is 2.67. The third-order valence-corrected chi connectivity index (χ3v) is 3.38. The second-order valence-corrected chi connectivity index (χ2v) is 4.18. The molecule has 0 saturated carbocycles. The lowest BCUT2D eigenvalue weighted by atomic mass is 9.92. The Labute approximate surface area is 85.8 Å². The molecule has 0 bridgehead atoms. The predicted octanol–water partition coefficient (Wildman–Crippen LogP) is 3.39. The van der Waals surface area contributed by atoms with Gasteiger partial charge in [-0.2, -0.15) is 0 Å². The molecule has 0 heterocycles. The van der Waals surface area contributed by atoms with Crippen LogP contribution in [0.4, 0.5) is 0 Å². The Morgan fingerprint density at radius 1 is 1.36 bits per heavy atom. The zero-order chi connectivity index (χ0) is 10.1.